The van der Waals surface area contributed by atoms with Gasteiger partial charge in [-0.25, -0.2) is 4.98 Å². The molecule has 2 aromatic rings. The van der Waals surface area contributed by atoms with Crippen molar-refractivity contribution < 1.29 is 18.3 Å². The molecule has 7 heteroatoms. The zero-order valence-corrected chi connectivity index (χ0v) is 12.2. The number of aryl methyl sites for hydroxylation is 1. The van der Waals surface area contributed by atoms with E-state index in [1.807, 2.05) is 13.0 Å². The zero-order chi connectivity index (χ0) is 15.1. The first-order valence-corrected chi connectivity index (χ1v) is 6.91. The molecular formula is C13H11ClF3NOS. The fourth-order valence-electron chi connectivity index (χ4n) is 1.95. The zero-order valence-electron chi connectivity index (χ0n) is 10.6. The minimum atomic E-state index is -4.56. The van der Waals surface area contributed by atoms with E-state index >= 15 is 0 Å². The summed E-state index contributed by atoms with van der Waals surface area (Å²) in [6, 6.07) is 3.80. The average Bonchev–Trinajstić information content (AvgIpc) is 2.74. The van der Waals surface area contributed by atoms with Crippen LogP contribution in [0.3, 0.4) is 0 Å². The number of nitrogens with zero attached hydrogens (tertiary/aromatic N) is 1. The smallest absolute Gasteiger partial charge is 0.380 e. The third kappa shape index (κ3) is 2.68. The van der Waals surface area contributed by atoms with Crippen molar-refractivity contribution in [3.05, 3.63) is 50.4 Å². The van der Waals surface area contributed by atoms with Gasteiger partial charge in [-0.3, -0.25) is 0 Å². The van der Waals surface area contributed by atoms with Crippen LogP contribution in [-0.4, -0.2) is 10.1 Å². The molecule has 0 aromatic carbocycles. The van der Waals surface area contributed by atoms with Crippen LogP contribution >= 0.6 is 22.9 Å². The highest BCUT2D eigenvalue weighted by Crippen LogP contribution is 2.39. The van der Waals surface area contributed by atoms with E-state index in [0.29, 0.717) is 4.88 Å². The first kappa shape index (κ1) is 15.3. The van der Waals surface area contributed by atoms with Crippen LogP contribution in [0.4, 0.5) is 13.2 Å². The topological polar surface area (TPSA) is 33.1 Å². The molecule has 1 atom stereocenters. The van der Waals surface area contributed by atoms with Gasteiger partial charge < -0.3 is 5.11 Å². The van der Waals surface area contributed by atoms with Crippen molar-refractivity contribution in [2.24, 2.45) is 0 Å². The van der Waals surface area contributed by atoms with E-state index in [9.17, 15) is 18.3 Å². The Morgan fingerprint density at radius 1 is 1.25 bits per heavy atom. The summed E-state index contributed by atoms with van der Waals surface area (Å²) in [6.07, 6.45) is -4.56. The van der Waals surface area contributed by atoms with Crippen LogP contribution in [0.1, 0.15) is 28.6 Å². The van der Waals surface area contributed by atoms with Gasteiger partial charge in [0.25, 0.3) is 0 Å². The van der Waals surface area contributed by atoms with Crippen molar-refractivity contribution in [2.75, 3.05) is 0 Å². The quantitative estimate of drug-likeness (QED) is 0.833. The van der Waals surface area contributed by atoms with E-state index in [2.05, 4.69) is 4.98 Å². The lowest BCUT2D eigenvalue weighted by Gasteiger charge is -2.24. The Morgan fingerprint density at radius 2 is 1.90 bits per heavy atom. The van der Waals surface area contributed by atoms with Crippen LogP contribution in [0.25, 0.3) is 0 Å². The Bertz CT molecular complexity index is 637. The maximum Gasteiger partial charge on any atom is 0.433 e. The predicted molar refractivity (Wildman–Crippen MR) is 72.0 cm³/mol. The van der Waals surface area contributed by atoms with E-state index in [1.54, 1.807) is 5.38 Å². The molecule has 0 radical (unpaired) electrons. The van der Waals surface area contributed by atoms with Crippen molar-refractivity contribution in [3.63, 3.8) is 0 Å². The molecule has 2 heterocycles. The first-order chi connectivity index (χ1) is 9.14. The highest BCUT2D eigenvalue weighted by atomic mass is 35.5. The number of rotatable bonds is 2. The van der Waals surface area contributed by atoms with Crippen LogP contribution in [-0.2, 0) is 11.8 Å². The molecule has 0 aliphatic heterocycles. The summed E-state index contributed by atoms with van der Waals surface area (Å²) in [6.45, 7) is 3.30. The summed E-state index contributed by atoms with van der Waals surface area (Å²) >= 11 is 7.13. The maximum absolute atomic E-state index is 12.6. The van der Waals surface area contributed by atoms with Gasteiger partial charge in [0.05, 0.1) is 0 Å². The average molecular weight is 322 g/mol. The number of aliphatic hydroxyl groups is 1. The molecule has 2 nitrogen and oxygen atoms in total. The van der Waals surface area contributed by atoms with Crippen LogP contribution in [0.2, 0.25) is 5.15 Å². The molecule has 20 heavy (non-hydrogen) atoms. The third-order valence-electron chi connectivity index (χ3n) is 2.97. The molecule has 2 rings (SSSR count). The number of pyridine rings is 1. The predicted octanol–water partition coefficient (Wildman–Crippen LogP) is 4.38. The molecule has 0 aliphatic rings. The number of thiophene rings is 1. The Morgan fingerprint density at radius 3 is 2.35 bits per heavy atom. The molecular weight excluding hydrogens is 311 g/mol. The first-order valence-electron chi connectivity index (χ1n) is 5.65. The SMILES string of the molecule is Cc1ccsc1C(C)(O)c1ccc(C(F)(F)F)nc1Cl. The summed E-state index contributed by atoms with van der Waals surface area (Å²) in [4.78, 5) is 3.96. The maximum atomic E-state index is 12.6. The number of alkyl halides is 3. The normalized spacial score (nSPS) is 15.2. The van der Waals surface area contributed by atoms with Gasteiger partial charge in [-0.1, -0.05) is 17.7 Å². The van der Waals surface area contributed by atoms with Crippen LogP contribution in [0.15, 0.2) is 23.6 Å². The Kier molecular flexibility index (Phi) is 3.83. The highest BCUT2D eigenvalue weighted by molar-refractivity contribution is 7.10. The van der Waals surface area contributed by atoms with Gasteiger partial charge in [0.15, 0.2) is 0 Å². The molecule has 0 amide bonds. The van der Waals surface area contributed by atoms with Gasteiger partial charge >= 0.3 is 6.18 Å². The lowest BCUT2D eigenvalue weighted by molar-refractivity contribution is -0.141. The van der Waals surface area contributed by atoms with Crippen molar-refractivity contribution >= 4 is 22.9 Å². The van der Waals surface area contributed by atoms with Crippen LogP contribution < -0.4 is 0 Å². The van der Waals surface area contributed by atoms with Crippen molar-refractivity contribution in [2.45, 2.75) is 25.6 Å². The Balaban J connectivity index is 2.51. The second-order valence-electron chi connectivity index (χ2n) is 4.54. The molecule has 0 aliphatic carbocycles. The molecule has 1 unspecified atom stereocenters. The largest absolute Gasteiger partial charge is 0.433 e. The summed E-state index contributed by atoms with van der Waals surface area (Å²) in [5, 5.41) is 12.1. The fraction of sp³-hybridized carbons (Fsp3) is 0.308. The van der Waals surface area contributed by atoms with E-state index in [4.69, 9.17) is 11.6 Å². The molecule has 0 fully saturated rings. The van der Waals surface area contributed by atoms with Gasteiger partial charge in [-0.15, -0.1) is 11.3 Å². The lowest BCUT2D eigenvalue weighted by atomic mass is 9.93. The van der Waals surface area contributed by atoms with E-state index in [-0.39, 0.29) is 10.7 Å². The molecule has 0 saturated carbocycles. The summed E-state index contributed by atoms with van der Waals surface area (Å²) < 4.78 is 37.7. The molecule has 0 spiro atoms. The lowest BCUT2D eigenvalue weighted by Crippen LogP contribution is -2.24. The van der Waals surface area contributed by atoms with Crippen molar-refractivity contribution in [1.82, 2.24) is 4.98 Å². The summed E-state index contributed by atoms with van der Waals surface area (Å²) in [7, 11) is 0. The molecule has 108 valence electrons. The van der Waals surface area contributed by atoms with Gasteiger partial charge in [-0.2, -0.15) is 13.2 Å². The van der Waals surface area contributed by atoms with E-state index < -0.39 is 17.5 Å². The van der Waals surface area contributed by atoms with Crippen LogP contribution in [0, 0.1) is 6.92 Å². The van der Waals surface area contributed by atoms with Crippen molar-refractivity contribution in [3.8, 4) is 0 Å². The number of hydrogen-bond acceptors (Lipinski definition) is 3. The second-order valence-corrected chi connectivity index (χ2v) is 5.81. The molecule has 1 N–H and O–H groups in total. The van der Waals surface area contributed by atoms with Crippen LogP contribution in [0.5, 0.6) is 0 Å². The monoisotopic (exact) mass is 321 g/mol. The van der Waals surface area contributed by atoms with E-state index in [1.165, 1.54) is 18.3 Å². The third-order valence-corrected chi connectivity index (χ3v) is 4.48. The summed E-state index contributed by atoms with van der Waals surface area (Å²) in [5.41, 5.74) is -1.56. The van der Waals surface area contributed by atoms with Gasteiger partial charge in [0.1, 0.15) is 16.4 Å². The number of hydrogen-bond donors (Lipinski definition) is 1. The van der Waals surface area contributed by atoms with Gasteiger partial charge in [0.2, 0.25) is 0 Å². The molecule has 2 aromatic heterocycles. The van der Waals surface area contributed by atoms with Crippen molar-refractivity contribution in [1.29, 1.82) is 0 Å². The fourth-order valence-corrected chi connectivity index (χ4v) is 3.29. The summed E-state index contributed by atoms with van der Waals surface area (Å²) in [5.74, 6) is 0. The molecule has 0 saturated heterocycles. The van der Waals surface area contributed by atoms with Gasteiger partial charge in [-0.05, 0) is 36.9 Å². The van der Waals surface area contributed by atoms with Gasteiger partial charge in [0, 0.05) is 10.4 Å². The highest BCUT2D eigenvalue weighted by Gasteiger charge is 2.36. The Labute approximate surface area is 122 Å². The Hall–Kier alpha value is -1.11. The van der Waals surface area contributed by atoms with E-state index in [0.717, 1.165) is 17.7 Å². The number of aromatic nitrogens is 1. The molecule has 0 bridgehead atoms. The minimum Gasteiger partial charge on any atom is -0.380 e. The number of halogens is 4. The second kappa shape index (κ2) is 5.02. The minimum absolute atomic E-state index is 0.151. The standard InChI is InChI=1S/C13H11ClF3NOS/c1-7-5-6-20-10(7)12(2,19)8-3-4-9(13(15,16)17)18-11(8)14/h3-6,19H,1-2H3.